The zero-order valence-corrected chi connectivity index (χ0v) is 13.3. The van der Waals surface area contributed by atoms with E-state index >= 15 is 0 Å². The van der Waals surface area contributed by atoms with Crippen molar-refractivity contribution in [2.24, 2.45) is 5.41 Å². The van der Waals surface area contributed by atoms with Gasteiger partial charge in [0.2, 0.25) is 15.9 Å². The minimum atomic E-state index is -3.50. The summed E-state index contributed by atoms with van der Waals surface area (Å²) in [5, 5.41) is 5.98. The van der Waals surface area contributed by atoms with Crippen LogP contribution in [0.5, 0.6) is 0 Å². The Morgan fingerprint density at radius 2 is 2.10 bits per heavy atom. The molecule has 21 heavy (non-hydrogen) atoms. The molecule has 1 amide bonds. The molecule has 0 spiro atoms. The van der Waals surface area contributed by atoms with Crippen molar-refractivity contribution >= 4 is 21.6 Å². The lowest BCUT2D eigenvalue weighted by molar-refractivity contribution is -0.123. The highest BCUT2D eigenvalue weighted by Gasteiger charge is 2.36. The normalized spacial score (nSPS) is 22.5. The Hall–Kier alpha value is -1.44. The van der Waals surface area contributed by atoms with Gasteiger partial charge in [0.05, 0.1) is 10.3 Å². The number of carbonyl (C=O) groups is 1. The van der Waals surface area contributed by atoms with Gasteiger partial charge < -0.3 is 10.6 Å². The Balaban J connectivity index is 2.21. The van der Waals surface area contributed by atoms with Gasteiger partial charge in [-0.15, -0.1) is 0 Å². The van der Waals surface area contributed by atoms with Gasteiger partial charge in [-0.1, -0.05) is 6.07 Å². The third-order valence-electron chi connectivity index (χ3n) is 3.79. The second-order valence-corrected chi connectivity index (χ2v) is 7.91. The van der Waals surface area contributed by atoms with Gasteiger partial charge in [0.15, 0.2) is 0 Å². The van der Waals surface area contributed by atoms with Crippen LogP contribution in [0.2, 0.25) is 0 Å². The molecule has 2 rings (SSSR count). The number of benzene rings is 1. The molecule has 1 aromatic rings. The predicted molar refractivity (Wildman–Crippen MR) is 81.5 cm³/mol. The molecular weight excluding hydrogens is 290 g/mol. The number of rotatable bonds is 4. The molecule has 6 nitrogen and oxygen atoms in total. The van der Waals surface area contributed by atoms with Gasteiger partial charge in [0.25, 0.3) is 0 Å². The first kappa shape index (κ1) is 15.9. The standard InChI is InChI=1S/C14H21N3O3S/c1-14(7-8-15-10-14)13(18)16-11-5-4-6-12(9-11)21(19,20)17(2)3/h4-6,9,15H,7-8,10H2,1-3H3,(H,16,18). The molecule has 1 unspecified atom stereocenters. The maximum Gasteiger partial charge on any atom is 0.242 e. The third kappa shape index (κ3) is 3.25. The van der Waals surface area contributed by atoms with Crippen molar-refractivity contribution < 1.29 is 13.2 Å². The van der Waals surface area contributed by atoms with E-state index in [1.54, 1.807) is 12.1 Å². The van der Waals surface area contributed by atoms with E-state index in [0.717, 1.165) is 17.3 Å². The van der Waals surface area contributed by atoms with E-state index in [4.69, 9.17) is 0 Å². The minimum Gasteiger partial charge on any atom is -0.326 e. The molecular formula is C14H21N3O3S. The number of nitrogens with zero attached hydrogens (tertiary/aromatic N) is 1. The summed E-state index contributed by atoms with van der Waals surface area (Å²) in [5.74, 6) is -0.0908. The molecule has 1 aliphatic rings. The molecule has 2 N–H and O–H groups in total. The van der Waals surface area contributed by atoms with Gasteiger partial charge in [0, 0.05) is 26.3 Å². The Morgan fingerprint density at radius 1 is 1.38 bits per heavy atom. The second kappa shape index (κ2) is 5.75. The van der Waals surface area contributed by atoms with Crippen molar-refractivity contribution in [2.75, 3.05) is 32.5 Å². The van der Waals surface area contributed by atoms with Crippen molar-refractivity contribution in [2.45, 2.75) is 18.2 Å². The molecule has 0 aromatic heterocycles. The van der Waals surface area contributed by atoms with Crippen LogP contribution in [0.4, 0.5) is 5.69 Å². The average Bonchev–Trinajstić information content (AvgIpc) is 2.87. The minimum absolute atomic E-state index is 0.0908. The Labute approximate surface area is 125 Å². The Kier molecular flexibility index (Phi) is 4.36. The monoisotopic (exact) mass is 311 g/mol. The molecule has 0 bridgehead atoms. The highest BCUT2D eigenvalue weighted by molar-refractivity contribution is 7.89. The molecule has 0 aliphatic carbocycles. The lowest BCUT2D eigenvalue weighted by Crippen LogP contribution is -2.35. The fraction of sp³-hybridized carbons (Fsp3) is 0.500. The summed E-state index contributed by atoms with van der Waals surface area (Å²) in [5.41, 5.74) is 0.0484. The molecule has 1 heterocycles. The third-order valence-corrected chi connectivity index (χ3v) is 5.60. The Morgan fingerprint density at radius 3 is 2.67 bits per heavy atom. The van der Waals surface area contributed by atoms with E-state index < -0.39 is 15.4 Å². The summed E-state index contributed by atoms with van der Waals surface area (Å²) < 4.78 is 25.3. The summed E-state index contributed by atoms with van der Waals surface area (Å²) in [6.45, 7) is 3.36. The lowest BCUT2D eigenvalue weighted by atomic mass is 9.89. The number of sulfonamides is 1. The van der Waals surface area contributed by atoms with Crippen LogP contribution < -0.4 is 10.6 Å². The lowest BCUT2D eigenvalue weighted by Gasteiger charge is -2.21. The molecule has 1 aliphatic heterocycles. The zero-order valence-electron chi connectivity index (χ0n) is 12.5. The number of amides is 1. The van der Waals surface area contributed by atoms with Crippen LogP contribution in [-0.2, 0) is 14.8 Å². The SMILES string of the molecule is CN(C)S(=O)(=O)c1cccc(NC(=O)C2(C)CCNC2)c1. The van der Waals surface area contributed by atoms with E-state index in [9.17, 15) is 13.2 Å². The van der Waals surface area contributed by atoms with Crippen molar-refractivity contribution in [3.8, 4) is 0 Å². The van der Waals surface area contributed by atoms with E-state index in [2.05, 4.69) is 10.6 Å². The van der Waals surface area contributed by atoms with E-state index in [-0.39, 0.29) is 10.8 Å². The van der Waals surface area contributed by atoms with E-state index in [1.165, 1.54) is 26.2 Å². The molecule has 1 fully saturated rings. The summed E-state index contributed by atoms with van der Waals surface area (Å²) in [6.07, 6.45) is 0.772. The van der Waals surface area contributed by atoms with Crippen LogP contribution in [0.3, 0.4) is 0 Å². The van der Waals surface area contributed by atoms with Gasteiger partial charge in [-0.2, -0.15) is 0 Å². The van der Waals surface area contributed by atoms with Gasteiger partial charge in [-0.3, -0.25) is 4.79 Å². The van der Waals surface area contributed by atoms with E-state index in [0.29, 0.717) is 12.2 Å². The zero-order chi connectivity index (χ0) is 15.7. The first-order chi connectivity index (χ1) is 9.75. The van der Waals surface area contributed by atoms with E-state index in [1.807, 2.05) is 6.92 Å². The molecule has 116 valence electrons. The van der Waals surface area contributed by atoms with Crippen molar-refractivity contribution in [3.63, 3.8) is 0 Å². The fourth-order valence-electron chi connectivity index (χ4n) is 2.24. The highest BCUT2D eigenvalue weighted by Crippen LogP contribution is 2.27. The number of carbonyl (C=O) groups excluding carboxylic acids is 1. The molecule has 1 atom stereocenters. The van der Waals surface area contributed by atoms with Crippen LogP contribution >= 0.6 is 0 Å². The smallest absolute Gasteiger partial charge is 0.242 e. The number of nitrogens with one attached hydrogen (secondary N) is 2. The molecule has 1 aromatic carbocycles. The quantitative estimate of drug-likeness (QED) is 0.865. The first-order valence-corrected chi connectivity index (χ1v) is 8.24. The summed E-state index contributed by atoms with van der Waals surface area (Å²) >= 11 is 0. The maximum atomic E-state index is 12.3. The first-order valence-electron chi connectivity index (χ1n) is 6.80. The van der Waals surface area contributed by atoms with Crippen LogP contribution in [0.15, 0.2) is 29.2 Å². The molecule has 0 radical (unpaired) electrons. The molecule has 1 saturated heterocycles. The average molecular weight is 311 g/mol. The van der Waals surface area contributed by atoms with Crippen LogP contribution in [0.1, 0.15) is 13.3 Å². The summed E-state index contributed by atoms with van der Waals surface area (Å²) in [4.78, 5) is 12.5. The number of anilines is 1. The highest BCUT2D eigenvalue weighted by atomic mass is 32.2. The van der Waals surface area contributed by atoms with Gasteiger partial charge >= 0.3 is 0 Å². The fourth-order valence-corrected chi connectivity index (χ4v) is 3.19. The van der Waals surface area contributed by atoms with Crippen LogP contribution in [0, 0.1) is 5.41 Å². The maximum absolute atomic E-state index is 12.3. The topological polar surface area (TPSA) is 78.5 Å². The van der Waals surface area contributed by atoms with Crippen molar-refractivity contribution in [1.82, 2.24) is 9.62 Å². The van der Waals surface area contributed by atoms with Crippen molar-refractivity contribution in [1.29, 1.82) is 0 Å². The molecule has 7 heteroatoms. The van der Waals surface area contributed by atoms with Gasteiger partial charge in [-0.05, 0) is 38.1 Å². The summed E-state index contributed by atoms with van der Waals surface area (Å²) in [6, 6.07) is 6.32. The van der Waals surface area contributed by atoms with Gasteiger partial charge in [-0.25, -0.2) is 12.7 Å². The van der Waals surface area contributed by atoms with Crippen molar-refractivity contribution in [3.05, 3.63) is 24.3 Å². The van der Waals surface area contributed by atoms with Crippen LogP contribution in [-0.4, -0.2) is 45.8 Å². The largest absolute Gasteiger partial charge is 0.326 e. The molecule has 0 saturated carbocycles. The predicted octanol–water partition coefficient (Wildman–Crippen LogP) is 0.875. The number of hydrogen-bond acceptors (Lipinski definition) is 4. The Bertz CT molecular complexity index is 635. The number of hydrogen-bond donors (Lipinski definition) is 2. The summed E-state index contributed by atoms with van der Waals surface area (Å²) in [7, 11) is -0.544. The van der Waals surface area contributed by atoms with Crippen LogP contribution in [0.25, 0.3) is 0 Å². The second-order valence-electron chi connectivity index (χ2n) is 5.76. The van der Waals surface area contributed by atoms with Gasteiger partial charge in [0.1, 0.15) is 0 Å².